The molecule has 1 amide bonds. The Morgan fingerprint density at radius 2 is 2.32 bits per heavy atom. The Labute approximate surface area is 113 Å². The predicted octanol–water partition coefficient (Wildman–Crippen LogP) is 2.96. The Balaban J connectivity index is 1.98. The van der Waals surface area contributed by atoms with Crippen LogP contribution in [-0.2, 0) is 15.9 Å². The first-order chi connectivity index (χ1) is 9.31. The van der Waals surface area contributed by atoms with Crippen molar-refractivity contribution in [2.24, 2.45) is 5.92 Å². The zero-order valence-corrected chi connectivity index (χ0v) is 11.2. The van der Waals surface area contributed by atoms with Crippen molar-refractivity contribution in [3.63, 3.8) is 0 Å². The molecule has 3 rings (SSSR count). The molecule has 0 aliphatic carbocycles. The summed E-state index contributed by atoms with van der Waals surface area (Å²) in [7, 11) is 0. The van der Waals surface area contributed by atoms with Crippen LogP contribution in [0.3, 0.4) is 0 Å². The Hall–Kier alpha value is -1.55. The average Bonchev–Trinajstić information content (AvgIpc) is 2.44. The lowest BCUT2D eigenvalue weighted by molar-refractivity contribution is -0.0305. The first-order valence-electron chi connectivity index (χ1n) is 6.96. The highest BCUT2D eigenvalue weighted by atomic mass is 16.6. The molecular formula is C15H19NO3. The van der Waals surface area contributed by atoms with Gasteiger partial charge in [0.05, 0.1) is 12.3 Å². The fourth-order valence-corrected chi connectivity index (χ4v) is 3.05. The van der Waals surface area contributed by atoms with Gasteiger partial charge in [-0.25, -0.2) is 4.79 Å². The topological polar surface area (TPSA) is 38.8 Å². The van der Waals surface area contributed by atoms with Gasteiger partial charge in [-0.1, -0.05) is 18.2 Å². The van der Waals surface area contributed by atoms with E-state index in [-0.39, 0.29) is 12.3 Å². The highest BCUT2D eigenvalue weighted by molar-refractivity contribution is 5.89. The number of amides is 1. The summed E-state index contributed by atoms with van der Waals surface area (Å²) in [4.78, 5) is 13.9. The molecule has 0 saturated carbocycles. The van der Waals surface area contributed by atoms with E-state index in [4.69, 9.17) is 9.47 Å². The predicted molar refractivity (Wildman–Crippen MR) is 72.1 cm³/mol. The van der Waals surface area contributed by atoms with Gasteiger partial charge in [-0.05, 0) is 37.8 Å². The highest BCUT2D eigenvalue weighted by Gasteiger charge is 2.40. The number of rotatable bonds is 1. The largest absolute Gasteiger partial charge is 0.449 e. The van der Waals surface area contributed by atoms with Gasteiger partial charge in [-0.2, -0.15) is 0 Å². The number of nitrogens with zero attached hydrogens (tertiary/aromatic N) is 1. The van der Waals surface area contributed by atoms with E-state index >= 15 is 0 Å². The van der Waals surface area contributed by atoms with Crippen molar-refractivity contribution in [3.05, 3.63) is 29.8 Å². The standard InChI is InChI=1S/C15H19NO3/c1-2-18-15(17)16-13-8-4-3-6-11(13)10-12-7-5-9-19-14(12)16/h3-4,6,8,12,14H,2,5,7,9-10H2,1H3/t12-,14-/m1/s1. The molecule has 0 N–H and O–H groups in total. The molecule has 0 radical (unpaired) electrons. The second kappa shape index (κ2) is 5.21. The summed E-state index contributed by atoms with van der Waals surface area (Å²) in [6.45, 7) is 2.93. The number of anilines is 1. The maximum atomic E-state index is 12.2. The summed E-state index contributed by atoms with van der Waals surface area (Å²) in [6, 6.07) is 8.03. The van der Waals surface area contributed by atoms with Crippen molar-refractivity contribution in [2.45, 2.75) is 32.4 Å². The monoisotopic (exact) mass is 261 g/mol. The van der Waals surface area contributed by atoms with E-state index in [9.17, 15) is 4.79 Å². The summed E-state index contributed by atoms with van der Waals surface area (Å²) in [5, 5.41) is 0. The lowest BCUT2D eigenvalue weighted by Crippen LogP contribution is -2.52. The van der Waals surface area contributed by atoms with E-state index in [0.29, 0.717) is 12.5 Å². The van der Waals surface area contributed by atoms with Crippen LogP contribution in [0.2, 0.25) is 0 Å². The zero-order valence-electron chi connectivity index (χ0n) is 11.2. The van der Waals surface area contributed by atoms with Crippen molar-refractivity contribution >= 4 is 11.8 Å². The lowest BCUT2D eigenvalue weighted by atomic mass is 9.86. The molecule has 19 heavy (non-hydrogen) atoms. The summed E-state index contributed by atoms with van der Waals surface area (Å²) < 4.78 is 11.0. The normalized spacial score (nSPS) is 25.4. The summed E-state index contributed by atoms with van der Waals surface area (Å²) in [6.07, 6.45) is 2.69. The molecule has 4 heteroatoms. The Morgan fingerprint density at radius 1 is 1.47 bits per heavy atom. The van der Waals surface area contributed by atoms with Crippen LogP contribution < -0.4 is 4.90 Å². The van der Waals surface area contributed by atoms with E-state index in [0.717, 1.165) is 31.6 Å². The van der Waals surface area contributed by atoms with Crippen LogP contribution in [0.4, 0.5) is 10.5 Å². The molecule has 1 aromatic carbocycles. The molecule has 2 aliphatic rings. The Bertz CT molecular complexity index is 474. The zero-order chi connectivity index (χ0) is 13.2. The van der Waals surface area contributed by atoms with Crippen LogP contribution >= 0.6 is 0 Å². The van der Waals surface area contributed by atoms with Crippen LogP contribution in [0.1, 0.15) is 25.3 Å². The van der Waals surface area contributed by atoms with Gasteiger partial charge in [-0.3, -0.25) is 4.90 Å². The molecular weight excluding hydrogens is 242 g/mol. The fraction of sp³-hybridized carbons (Fsp3) is 0.533. The Kier molecular flexibility index (Phi) is 3.42. The van der Waals surface area contributed by atoms with Crippen molar-refractivity contribution in [2.75, 3.05) is 18.1 Å². The molecule has 2 atom stereocenters. The van der Waals surface area contributed by atoms with Crippen molar-refractivity contribution < 1.29 is 14.3 Å². The van der Waals surface area contributed by atoms with E-state index in [1.165, 1.54) is 5.56 Å². The summed E-state index contributed by atoms with van der Waals surface area (Å²) in [5.41, 5.74) is 2.14. The molecule has 0 bridgehead atoms. The van der Waals surface area contributed by atoms with Crippen LogP contribution in [-0.4, -0.2) is 25.5 Å². The van der Waals surface area contributed by atoms with Gasteiger partial charge >= 0.3 is 6.09 Å². The second-order valence-electron chi connectivity index (χ2n) is 5.07. The number of para-hydroxylation sites is 1. The quantitative estimate of drug-likeness (QED) is 0.780. The third-order valence-electron chi connectivity index (χ3n) is 3.86. The van der Waals surface area contributed by atoms with Gasteiger partial charge in [0.15, 0.2) is 0 Å². The van der Waals surface area contributed by atoms with Gasteiger partial charge < -0.3 is 9.47 Å². The maximum absolute atomic E-state index is 12.2. The highest BCUT2D eigenvalue weighted by Crippen LogP contribution is 2.38. The van der Waals surface area contributed by atoms with Gasteiger partial charge in [0, 0.05) is 12.5 Å². The second-order valence-corrected chi connectivity index (χ2v) is 5.07. The third kappa shape index (κ3) is 2.21. The molecule has 0 spiro atoms. The van der Waals surface area contributed by atoms with E-state index in [1.54, 1.807) is 4.90 Å². The van der Waals surface area contributed by atoms with Crippen molar-refractivity contribution in [1.82, 2.24) is 0 Å². The van der Waals surface area contributed by atoms with Crippen LogP contribution in [0.25, 0.3) is 0 Å². The summed E-state index contributed by atoms with van der Waals surface area (Å²) >= 11 is 0. The number of hydrogen-bond acceptors (Lipinski definition) is 3. The minimum absolute atomic E-state index is 0.164. The van der Waals surface area contributed by atoms with Crippen LogP contribution in [0.5, 0.6) is 0 Å². The third-order valence-corrected chi connectivity index (χ3v) is 3.86. The van der Waals surface area contributed by atoms with Gasteiger partial charge in [0.25, 0.3) is 0 Å². The van der Waals surface area contributed by atoms with Crippen molar-refractivity contribution in [1.29, 1.82) is 0 Å². The minimum Gasteiger partial charge on any atom is -0.449 e. The molecule has 1 saturated heterocycles. The maximum Gasteiger partial charge on any atom is 0.416 e. The molecule has 2 aliphatic heterocycles. The number of benzene rings is 1. The first kappa shape index (κ1) is 12.5. The van der Waals surface area contributed by atoms with Crippen molar-refractivity contribution in [3.8, 4) is 0 Å². The van der Waals surface area contributed by atoms with Crippen LogP contribution in [0.15, 0.2) is 24.3 Å². The van der Waals surface area contributed by atoms with E-state index < -0.39 is 0 Å². The molecule has 0 unspecified atom stereocenters. The van der Waals surface area contributed by atoms with E-state index in [1.807, 2.05) is 25.1 Å². The smallest absolute Gasteiger partial charge is 0.416 e. The van der Waals surface area contributed by atoms with Gasteiger partial charge in [0.2, 0.25) is 0 Å². The van der Waals surface area contributed by atoms with Gasteiger partial charge in [0.1, 0.15) is 6.23 Å². The minimum atomic E-state index is -0.299. The first-order valence-corrected chi connectivity index (χ1v) is 6.96. The average molecular weight is 261 g/mol. The lowest BCUT2D eigenvalue weighted by Gasteiger charge is -2.43. The number of ether oxygens (including phenoxy) is 2. The number of hydrogen-bond donors (Lipinski definition) is 0. The fourth-order valence-electron chi connectivity index (χ4n) is 3.05. The van der Waals surface area contributed by atoms with Crippen LogP contribution in [0, 0.1) is 5.92 Å². The molecule has 1 aromatic rings. The van der Waals surface area contributed by atoms with Gasteiger partial charge in [-0.15, -0.1) is 0 Å². The number of carbonyl (C=O) groups excluding carboxylic acids is 1. The molecule has 2 heterocycles. The molecule has 0 aromatic heterocycles. The molecule has 102 valence electrons. The van der Waals surface area contributed by atoms with E-state index in [2.05, 4.69) is 6.07 Å². The SMILES string of the molecule is CCOC(=O)N1c2ccccc2C[C@H]2CCCO[C@H]21. The number of fused-ring (bicyclic) bond motifs is 2. The molecule has 1 fully saturated rings. The molecule has 4 nitrogen and oxygen atoms in total. The number of carbonyl (C=O) groups is 1. The summed E-state index contributed by atoms with van der Waals surface area (Å²) in [5.74, 6) is 0.382. The Morgan fingerprint density at radius 3 is 3.16 bits per heavy atom.